The van der Waals surface area contributed by atoms with Crippen LogP contribution in [0.25, 0.3) is 88.7 Å². The number of ether oxygens (including phenoxy) is 2. The normalized spacial score (nSPS) is 12.5. The molecular weight excluding hydrogens is 1420 g/mol. The van der Waals surface area contributed by atoms with Crippen molar-refractivity contribution in [2.45, 2.75) is 160 Å². The van der Waals surface area contributed by atoms with Gasteiger partial charge in [-0.2, -0.15) is 0 Å². The number of hydrogen-bond donors (Lipinski definition) is 6. The van der Waals surface area contributed by atoms with Crippen LogP contribution in [-0.2, 0) is 85.0 Å². The molecule has 0 aromatic carbocycles. The number of fused-ring (bicyclic) bond motifs is 16. The van der Waals surface area contributed by atoms with Gasteiger partial charge in [-0.15, -0.1) is 0 Å². The molecule has 2 amide bonds. The molecule has 514 valence electrons. The van der Waals surface area contributed by atoms with Crippen molar-refractivity contribution in [3.63, 3.8) is 0 Å². The van der Waals surface area contributed by atoms with E-state index in [-0.39, 0.29) is 85.6 Å². The molecule has 0 aliphatic carbocycles. The Balaban J connectivity index is 0.000000260. The Kier molecular flexibility index (Phi) is 26.9. The summed E-state index contributed by atoms with van der Waals surface area (Å²) >= 11 is 0. The van der Waals surface area contributed by atoms with Crippen molar-refractivity contribution in [1.82, 2.24) is 39.9 Å². The molecule has 8 N–H and O–H groups in total. The van der Waals surface area contributed by atoms with Crippen LogP contribution < -0.4 is 31.9 Å². The minimum Gasteiger partial charge on any atom is -0.550 e. The maximum atomic E-state index is 11.4. The van der Waals surface area contributed by atoms with Crippen LogP contribution in [0.4, 0.5) is 0 Å². The van der Waals surface area contributed by atoms with E-state index in [1.807, 2.05) is 64.1 Å². The molecule has 23 heteroatoms. The van der Waals surface area contributed by atoms with Gasteiger partial charge in [0.2, 0.25) is 11.8 Å². The van der Waals surface area contributed by atoms with Crippen LogP contribution in [0.5, 0.6) is 0 Å². The fourth-order valence-electron chi connectivity index (χ4n) is 12.7. The number of carbonyl (C=O) groups is 6. The summed E-state index contributed by atoms with van der Waals surface area (Å²) in [4.78, 5) is 99.4. The number of hydrogen-bond acceptors (Lipinski definition) is 16. The maximum absolute atomic E-state index is 11.4. The number of methoxy groups -OCH3 is 2. The zero-order chi connectivity index (χ0) is 70.6. The summed E-state index contributed by atoms with van der Waals surface area (Å²) in [6, 6.07) is 16.2. The van der Waals surface area contributed by atoms with Crippen LogP contribution in [0.3, 0.4) is 0 Å². The van der Waals surface area contributed by atoms with Gasteiger partial charge in [-0.05, 0) is 270 Å². The molecule has 6 aromatic rings. The number of allylic oxidation sites excluding steroid dienone is 8. The number of H-pyrrole nitrogens is 4. The number of amides is 2. The number of carbonyl (C=O) groups excluding carboxylic acids is 6. The predicted molar refractivity (Wildman–Crippen MR) is 368 cm³/mol. The maximum Gasteiger partial charge on any atom is 4.00 e. The van der Waals surface area contributed by atoms with Crippen molar-refractivity contribution < 1.29 is 79.7 Å². The molecule has 10 heterocycles. The Bertz CT molecular complexity index is 4290. The van der Waals surface area contributed by atoms with E-state index in [4.69, 9.17) is 19.9 Å². The molecule has 0 fully saturated rings. The first kappa shape index (κ1) is 76.6. The number of aromatic nitrogens is 8. The van der Waals surface area contributed by atoms with E-state index < -0.39 is 35.7 Å². The first-order valence-corrected chi connectivity index (χ1v) is 32.2. The summed E-state index contributed by atoms with van der Waals surface area (Å²) in [5.41, 5.74) is 39.1. The van der Waals surface area contributed by atoms with Gasteiger partial charge in [0, 0.05) is 82.2 Å². The van der Waals surface area contributed by atoms with E-state index in [2.05, 4.69) is 108 Å². The van der Waals surface area contributed by atoms with Crippen LogP contribution in [0, 0.1) is 27.7 Å². The van der Waals surface area contributed by atoms with Crippen LogP contribution >= 0.6 is 0 Å². The monoisotopic (exact) mass is 1500 g/mol. The summed E-state index contributed by atoms with van der Waals surface area (Å²) in [5.74, 6) is -5.37. The van der Waals surface area contributed by atoms with E-state index in [0.717, 1.165) is 148 Å². The Labute approximate surface area is 578 Å². The third-order valence-electron chi connectivity index (χ3n) is 17.9. The minimum absolute atomic E-state index is 0. The third-order valence-corrected chi connectivity index (χ3v) is 17.9. The number of carboxylic acid groups (broad SMARTS) is 4. The zero-order valence-electron chi connectivity index (χ0n) is 57.7. The minimum atomic E-state index is -1.13. The fourth-order valence-corrected chi connectivity index (χ4v) is 12.7. The molecule has 10 rings (SSSR count). The van der Waals surface area contributed by atoms with Gasteiger partial charge >= 0.3 is 21.1 Å². The molecule has 0 spiro atoms. The smallest absolute Gasteiger partial charge is 0.550 e. The number of nitrogens with two attached hydrogens (primary N) is 2. The fraction of sp³-hybridized carbons (Fsp3) is 0.378. The number of nitrogens with one attached hydrogen (secondary N) is 4. The number of aryl methyl sites for hydroxylation is 8. The van der Waals surface area contributed by atoms with Crippen LogP contribution in [-0.4, -0.2) is 103 Å². The molecule has 97 heavy (non-hydrogen) atoms. The van der Waals surface area contributed by atoms with E-state index >= 15 is 0 Å². The second-order valence-electron chi connectivity index (χ2n) is 24.0. The van der Waals surface area contributed by atoms with E-state index in [1.54, 1.807) is 0 Å². The molecule has 0 unspecified atom stereocenters. The van der Waals surface area contributed by atoms with Gasteiger partial charge in [0.05, 0.1) is 45.6 Å². The summed E-state index contributed by atoms with van der Waals surface area (Å²) in [7, 11) is 2.84. The van der Waals surface area contributed by atoms with Crippen LogP contribution in [0.1, 0.15) is 197 Å². The molecule has 22 nitrogen and oxygen atoms in total. The SMILES string of the molecule is CCc1c(C)c2cc3[nH]c(cc4nc(cc5nc(cc1[nH]2)C(C)=C5CCC(=O)[O-])C(CCC(=O)[O-])=C4C)c(C)c3CC.CCc1c(C)c2cc3[nH]c(cc4nc(cc5nc(cc1[nH]2)C(C)=C5CCC(=O)[O-])C(CCC(=O)[O-])=C4C)c(C)c3CC.COCC(N)=O.COCC(N)=O.[Pt+4]. The number of rotatable bonds is 20. The van der Waals surface area contributed by atoms with Gasteiger partial charge in [0.25, 0.3) is 0 Å². The Hall–Kier alpha value is -9.37. The first-order chi connectivity index (χ1) is 45.6. The standard InChI is InChI=1S/2C34H38N4O4.2C3H7NO2.Pt/c2*1-7-21-17(3)25-13-26-19(5)23(9-11-33(39)40)31(37-26)16-32-24(10-12-34(41)42)20(6)28(38-32)15-30-22(8-2)18(4)27(36-30)14-29(21)35-25;2*1-6-2-3(4)5;/h2*13-16,35-36H,7-12H2,1-6H3,(H,39,40)(H,41,42);2*2H2,1H3,(H2,4,5);/q;;;;+4/p-4. The van der Waals surface area contributed by atoms with E-state index in [9.17, 15) is 49.2 Å². The Morgan fingerprint density at radius 1 is 0.351 bits per heavy atom. The third kappa shape index (κ3) is 18.2. The Morgan fingerprint density at radius 3 is 0.742 bits per heavy atom. The molecule has 6 aromatic heterocycles. The van der Waals surface area contributed by atoms with Crippen LogP contribution in [0.15, 0.2) is 48.5 Å². The van der Waals surface area contributed by atoms with Crippen molar-refractivity contribution in [3.8, 4) is 0 Å². The van der Waals surface area contributed by atoms with Crippen molar-refractivity contribution >= 4 is 124 Å². The predicted octanol–water partition coefficient (Wildman–Crippen LogP) is 8.19. The molecule has 4 aliphatic heterocycles. The van der Waals surface area contributed by atoms with Gasteiger partial charge in [-0.1, -0.05) is 27.7 Å². The number of aromatic amines is 4. The van der Waals surface area contributed by atoms with Gasteiger partial charge in [0.1, 0.15) is 13.2 Å². The molecule has 0 radical (unpaired) electrons. The van der Waals surface area contributed by atoms with E-state index in [0.29, 0.717) is 22.8 Å². The van der Waals surface area contributed by atoms with Crippen molar-refractivity contribution in [2.75, 3.05) is 27.4 Å². The first-order valence-electron chi connectivity index (χ1n) is 32.2. The Morgan fingerprint density at radius 2 is 0.557 bits per heavy atom. The molecule has 16 bridgehead atoms. The number of nitrogens with zero attached hydrogens (tertiary/aromatic N) is 4. The topological polar surface area (TPSA) is 380 Å². The average molecular weight is 1500 g/mol. The number of carboxylic acids is 4. The summed E-state index contributed by atoms with van der Waals surface area (Å²) in [6.07, 6.45) is 3.92. The van der Waals surface area contributed by atoms with Gasteiger partial charge in [0.15, 0.2) is 0 Å². The summed E-state index contributed by atoms with van der Waals surface area (Å²) in [6.45, 7) is 24.9. The molecule has 4 aliphatic rings. The second-order valence-corrected chi connectivity index (χ2v) is 24.0. The van der Waals surface area contributed by atoms with Crippen molar-refractivity contribution in [2.24, 2.45) is 11.5 Å². The van der Waals surface area contributed by atoms with Gasteiger partial charge in [-0.3, -0.25) is 9.59 Å². The number of primary amides is 2. The van der Waals surface area contributed by atoms with Crippen molar-refractivity contribution in [1.29, 1.82) is 0 Å². The van der Waals surface area contributed by atoms with Crippen molar-refractivity contribution in [3.05, 3.63) is 139 Å². The number of aliphatic carboxylic acids is 4. The quantitative estimate of drug-likeness (QED) is 0.0419. The summed E-state index contributed by atoms with van der Waals surface area (Å²) < 4.78 is 8.66. The van der Waals surface area contributed by atoms with Gasteiger partial charge < -0.3 is 80.5 Å². The zero-order valence-corrected chi connectivity index (χ0v) is 59.9. The molecule has 0 saturated heterocycles. The molecule has 0 saturated carbocycles. The molecular formula is C74H86N10O12Pt. The van der Waals surface area contributed by atoms with Gasteiger partial charge in [-0.25, -0.2) is 19.9 Å². The van der Waals surface area contributed by atoms with E-state index in [1.165, 1.54) is 47.6 Å². The second kappa shape index (κ2) is 34.0. The summed E-state index contributed by atoms with van der Waals surface area (Å²) in [5, 5.41) is 45.7. The average Bonchev–Trinajstić information content (AvgIpc) is 1.63. The molecule has 0 atom stereocenters. The van der Waals surface area contributed by atoms with Crippen LogP contribution in [0.2, 0.25) is 0 Å². The largest absolute Gasteiger partial charge is 4.00 e.